The summed E-state index contributed by atoms with van der Waals surface area (Å²) in [6.07, 6.45) is 9.72. The fraction of sp³-hybridized carbons (Fsp3) is 0.720. The minimum absolute atomic E-state index is 0.0800. The molecule has 0 bridgehead atoms. The Morgan fingerprint density at radius 3 is 2.47 bits per heavy atom. The number of hydrogen-bond acceptors (Lipinski definition) is 4. The van der Waals surface area contributed by atoms with Crippen LogP contribution in [0.5, 0.6) is 0 Å². The molecule has 2 heterocycles. The van der Waals surface area contributed by atoms with Crippen molar-refractivity contribution in [2.45, 2.75) is 69.4 Å². The van der Waals surface area contributed by atoms with Gasteiger partial charge in [0.15, 0.2) is 0 Å². The summed E-state index contributed by atoms with van der Waals surface area (Å²) >= 11 is 0. The topological polar surface area (TPSA) is 55.8 Å². The standard InChI is InChI=1S/C25H39N3O2/c29-20-25(13-4-5-14-25)26-24(30)22-9-6-15-28(19-22)23-11-17-27(18-12-23)16-10-21-7-2-1-3-8-21/h1-3,7-8,22-23,29H,4-6,9-20H2,(H,26,30)/t22-/m1/s1. The van der Waals surface area contributed by atoms with Crippen molar-refractivity contribution in [2.24, 2.45) is 5.92 Å². The molecule has 3 fully saturated rings. The van der Waals surface area contributed by atoms with Crippen LogP contribution >= 0.6 is 0 Å². The van der Waals surface area contributed by atoms with E-state index >= 15 is 0 Å². The van der Waals surface area contributed by atoms with E-state index in [1.54, 1.807) is 0 Å². The normalized spacial score (nSPS) is 26.0. The van der Waals surface area contributed by atoms with Gasteiger partial charge in [0.2, 0.25) is 5.91 Å². The van der Waals surface area contributed by atoms with E-state index in [-0.39, 0.29) is 24.0 Å². The van der Waals surface area contributed by atoms with Gasteiger partial charge in [0, 0.05) is 19.1 Å². The Hall–Kier alpha value is -1.43. The molecule has 1 amide bonds. The zero-order valence-electron chi connectivity index (χ0n) is 18.4. The van der Waals surface area contributed by atoms with Crippen LogP contribution in [0.15, 0.2) is 30.3 Å². The number of benzene rings is 1. The fourth-order valence-corrected chi connectivity index (χ4v) is 5.73. The second kappa shape index (κ2) is 10.3. The lowest BCUT2D eigenvalue weighted by molar-refractivity contribution is -0.129. The number of aliphatic hydroxyl groups is 1. The third kappa shape index (κ3) is 5.43. The van der Waals surface area contributed by atoms with Gasteiger partial charge in [0.1, 0.15) is 0 Å². The molecular weight excluding hydrogens is 374 g/mol. The van der Waals surface area contributed by atoms with Gasteiger partial charge in [0.25, 0.3) is 0 Å². The minimum atomic E-state index is -0.344. The zero-order valence-corrected chi connectivity index (χ0v) is 18.4. The van der Waals surface area contributed by atoms with Crippen LogP contribution in [-0.4, -0.2) is 71.7 Å². The van der Waals surface area contributed by atoms with E-state index in [4.69, 9.17) is 0 Å². The molecule has 1 atom stereocenters. The van der Waals surface area contributed by atoms with Crippen molar-refractivity contribution in [2.75, 3.05) is 39.3 Å². The molecule has 30 heavy (non-hydrogen) atoms. The molecule has 5 nitrogen and oxygen atoms in total. The first kappa shape index (κ1) is 21.8. The molecule has 0 aromatic heterocycles. The van der Waals surface area contributed by atoms with Crippen LogP contribution in [0.2, 0.25) is 0 Å². The Labute approximate surface area is 181 Å². The third-order valence-electron chi connectivity index (χ3n) is 7.71. The summed E-state index contributed by atoms with van der Waals surface area (Å²) < 4.78 is 0. The Kier molecular flexibility index (Phi) is 7.45. The van der Waals surface area contributed by atoms with Crippen molar-refractivity contribution < 1.29 is 9.90 Å². The highest BCUT2D eigenvalue weighted by Crippen LogP contribution is 2.31. The summed E-state index contributed by atoms with van der Waals surface area (Å²) in [5, 5.41) is 13.1. The maximum Gasteiger partial charge on any atom is 0.224 e. The van der Waals surface area contributed by atoms with Gasteiger partial charge in [-0.2, -0.15) is 0 Å². The molecule has 1 saturated carbocycles. The number of likely N-dealkylation sites (tertiary alicyclic amines) is 2. The number of piperidine rings is 2. The third-order valence-corrected chi connectivity index (χ3v) is 7.71. The van der Waals surface area contributed by atoms with E-state index in [1.165, 1.54) is 31.5 Å². The lowest BCUT2D eigenvalue weighted by atomic mass is 9.91. The lowest BCUT2D eigenvalue weighted by Gasteiger charge is -2.42. The highest BCUT2D eigenvalue weighted by Gasteiger charge is 2.38. The number of aliphatic hydroxyl groups excluding tert-OH is 1. The van der Waals surface area contributed by atoms with E-state index in [2.05, 4.69) is 45.4 Å². The SMILES string of the molecule is O=C(NC1(CO)CCCC1)[C@@H]1CCCN(C2CCN(CCc3ccccc3)CC2)C1. The predicted molar refractivity (Wildman–Crippen MR) is 120 cm³/mol. The van der Waals surface area contributed by atoms with Gasteiger partial charge in [-0.1, -0.05) is 43.2 Å². The second-order valence-corrected chi connectivity index (χ2v) is 9.78. The second-order valence-electron chi connectivity index (χ2n) is 9.78. The van der Waals surface area contributed by atoms with Gasteiger partial charge < -0.3 is 15.3 Å². The molecule has 5 heteroatoms. The van der Waals surface area contributed by atoms with Crippen LogP contribution in [-0.2, 0) is 11.2 Å². The van der Waals surface area contributed by atoms with Crippen LogP contribution < -0.4 is 5.32 Å². The average Bonchev–Trinajstić information content (AvgIpc) is 3.28. The Bertz CT molecular complexity index is 666. The zero-order chi connectivity index (χ0) is 20.8. The summed E-state index contributed by atoms with van der Waals surface area (Å²) in [7, 11) is 0. The molecule has 1 aliphatic carbocycles. The molecule has 0 spiro atoms. The number of nitrogens with zero attached hydrogens (tertiary/aromatic N) is 2. The number of carbonyl (C=O) groups is 1. The van der Waals surface area contributed by atoms with Crippen LogP contribution in [0.1, 0.15) is 56.9 Å². The van der Waals surface area contributed by atoms with Gasteiger partial charge in [-0.05, 0) is 70.1 Å². The van der Waals surface area contributed by atoms with E-state index in [1.807, 2.05) is 0 Å². The molecule has 0 radical (unpaired) electrons. The van der Waals surface area contributed by atoms with Gasteiger partial charge in [-0.15, -0.1) is 0 Å². The number of carbonyl (C=O) groups excluding carboxylic acids is 1. The Morgan fingerprint density at radius 2 is 1.77 bits per heavy atom. The maximum atomic E-state index is 13.0. The summed E-state index contributed by atoms with van der Waals surface area (Å²) in [5.74, 6) is 0.259. The van der Waals surface area contributed by atoms with Crippen LogP contribution in [0, 0.1) is 5.92 Å². The summed E-state index contributed by atoms with van der Waals surface area (Å²) in [6, 6.07) is 11.4. The van der Waals surface area contributed by atoms with E-state index in [0.717, 1.165) is 64.6 Å². The van der Waals surface area contributed by atoms with Crippen molar-refractivity contribution in [1.82, 2.24) is 15.1 Å². The van der Waals surface area contributed by atoms with E-state index in [0.29, 0.717) is 6.04 Å². The van der Waals surface area contributed by atoms with E-state index in [9.17, 15) is 9.90 Å². The van der Waals surface area contributed by atoms with Crippen molar-refractivity contribution in [3.05, 3.63) is 35.9 Å². The average molecular weight is 414 g/mol. The van der Waals surface area contributed by atoms with Gasteiger partial charge in [-0.25, -0.2) is 0 Å². The highest BCUT2D eigenvalue weighted by molar-refractivity contribution is 5.79. The first-order valence-corrected chi connectivity index (χ1v) is 12.1. The van der Waals surface area contributed by atoms with E-state index < -0.39 is 0 Å². The minimum Gasteiger partial charge on any atom is -0.394 e. The summed E-state index contributed by atoms with van der Waals surface area (Å²) in [5.41, 5.74) is 1.08. The quantitative estimate of drug-likeness (QED) is 0.722. The summed E-state index contributed by atoms with van der Waals surface area (Å²) in [6.45, 7) is 5.57. The maximum absolute atomic E-state index is 13.0. The molecule has 1 aromatic carbocycles. The van der Waals surface area contributed by atoms with Crippen LogP contribution in [0.4, 0.5) is 0 Å². The Balaban J connectivity index is 1.22. The van der Waals surface area contributed by atoms with Gasteiger partial charge >= 0.3 is 0 Å². The smallest absolute Gasteiger partial charge is 0.224 e. The lowest BCUT2D eigenvalue weighted by Crippen LogP contribution is -2.55. The van der Waals surface area contributed by atoms with Gasteiger partial charge in [0.05, 0.1) is 18.1 Å². The molecule has 0 unspecified atom stereocenters. The first-order chi connectivity index (χ1) is 14.7. The number of amides is 1. The predicted octanol–water partition coefficient (Wildman–Crippen LogP) is 2.83. The number of rotatable bonds is 7. The Morgan fingerprint density at radius 1 is 1.03 bits per heavy atom. The van der Waals surface area contributed by atoms with Crippen LogP contribution in [0.3, 0.4) is 0 Å². The van der Waals surface area contributed by atoms with Crippen molar-refractivity contribution in [1.29, 1.82) is 0 Å². The largest absolute Gasteiger partial charge is 0.394 e. The molecular formula is C25H39N3O2. The molecule has 2 saturated heterocycles. The molecule has 2 N–H and O–H groups in total. The highest BCUT2D eigenvalue weighted by atomic mass is 16.3. The molecule has 4 rings (SSSR count). The first-order valence-electron chi connectivity index (χ1n) is 12.1. The fourth-order valence-electron chi connectivity index (χ4n) is 5.73. The molecule has 2 aliphatic heterocycles. The van der Waals surface area contributed by atoms with Crippen LogP contribution in [0.25, 0.3) is 0 Å². The number of nitrogens with one attached hydrogen (secondary N) is 1. The molecule has 3 aliphatic rings. The molecule has 166 valence electrons. The van der Waals surface area contributed by atoms with Crippen molar-refractivity contribution in [3.8, 4) is 0 Å². The number of hydrogen-bond donors (Lipinski definition) is 2. The van der Waals surface area contributed by atoms with Crippen molar-refractivity contribution >= 4 is 5.91 Å². The summed E-state index contributed by atoms with van der Waals surface area (Å²) in [4.78, 5) is 18.1. The monoisotopic (exact) mass is 413 g/mol. The molecule has 1 aromatic rings. The van der Waals surface area contributed by atoms with Crippen molar-refractivity contribution in [3.63, 3.8) is 0 Å². The van der Waals surface area contributed by atoms with Gasteiger partial charge in [-0.3, -0.25) is 9.69 Å².